The standard InChI is InChI=1S/C14H14N4S/c1-9-5-4-6-12-16-10(2)13(18(9)12)11-7-8-15-14(17-11)19-3/h4-8H,1-3H3. The summed E-state index contributed by atoms with van der Waals surface area (Å²) in [6.07, 6.45) is 3.77. The van der Waals surface area contributed by atoms with E-state index in [9.17, 15) is 0 Å². The summed E-state index contributed by atoms with van der Waals surface area (Å²) in [6.45, 7) is 4.09. The van der Waals surface area contributed by atoms with Crippen LogP contribution in [0.2, 0.25) is 0 Å². The molecule has 0 saturated carbocycles. The van der Waals surface area contributed by atoms with Gasteiger partial charge in [-0.1, -0.05) is 17.8 Å². The van der Waals surface area contributed by atoms with Crippen molar-refractivity contribution in [3.63, 3.8) is 0 Å². The lowest BCUT2D eigenvalue weighted by Gasteiger charge is -2.06. The van der Waals surface area contributed by atoms with Crippen molar-refractivity contribution in [2.45, 2.75) is 19.0 Å². The number of nitrogens with zero attached hydrogens (tertiary/aromatic N) is 4. The molecule has 0 aliphatic carbocycles. The zero-order valence-corrected chi connectivity index (χ0v) is 11.9. The Hall–Kier alpha value is -1.88. The van der Waals surface area contributed by atoms with Gasteiger partial charge >= 0.3 is 0 Å². The van der Waals surface area contributed by atoms with Gasteiger partial charge in [0.15, 0.2) is 5.16 Å². The monoisotopic (exact) mass is 270 g/mol. The second-order valence-corrected chi connectivity index (χ2v) is 5.11. The van der Waals surface area contributed by atoms with E-state index in [1.807, 2.05) is 31.4 Å². The lowest BCUT2D eigenvalue weighted by atomic mass is 10.2. The topological polar surface area (TPSA) is 43.1 Å². The molecular formula is C14H14N4S. The number of aromatic nitrogens is 4. The molecule has 0 spiro atoms. The molecule has 4 nitrogen and oxygen atoms in total. The summed E-state index contributed by atoms with van der Waals surface area (Å²) in [6, 6.07) is 8.05. The van der Waals surface area contributed by atoms with Gasteiger partial charge in [0.1, 0.15) is 5.65 Å². The summed E-state index contributed by atoms with van der Waals surface area (Å²) in [4.78, 5) is 13.4. The molecule has 3 aromatic rings. The van der Waals surface area contributed by atoms with Crippen LogP contribution in [0.1, 0.15) is 11.4 Å². The Balaban J connectivity index is 2.32. The Morgan fingerprint density at radius 2 is 1.95 bits per heavy atom. The fourth-order valence-electron chi connectivity index (χ4n) is 2.24. The van der Waals surface area contributed by atoms with E-state index in [0.29, 0.717) is 0 Å². The maximum Gasteiger partial charge on any atom is 0.187 e. The van der Waals surface area contributed by atoms with Gasteiger partial charge in [-0.3, -0.25) is 4.40 Å². The highest BCUT2D eigenvalue weighted by Gasteiger charge is 2.13. The summed E-state index contributed by atoms with van der Waals surface area (Å²) in [5.41, 5.74) is 5.05. The van der Waals surface area contributed by atoms with E-state index in [4.69, 9.17) is 0 Å². The average molecular weight is 270 g/mol. The minimum absolute atomic E-state index is 0.778. The molecule has 0 fully saturated rings. The maximum atomic E-state index is 4.60. The number of hydrogen-bond acceptors (Lipinski definition) is 4. The second-order valence-electron chi connectivity index (χ2n) is 4.34. The lowest BCUT2D eigenvalue weighted by Crippen LogP contribution is -1.97. The molecule has 0 atom stereocenters. The van der Waals surface area contributed by atoms with Crippen molar-refractivity contribution >= 4 is 17.4 Å². The van der Waals surface area contributed by atoms with Crippen LogP contribution in [0.5, 0.6) is 0 Å². The van der Waals surface area contributed by atoms with Crippen LogP contribution in [-0.2, 0) is 0 Å². The SMILES string of the molecule is CSc1nccc(-c2c(C)nc3cccc(C)n23)n1. The minimum Gasteiger partial charge on any atom is -0.295 e. The van der Waals surface area contributed by atoms with Crippen molar-refractivity contribution in [1.29, 1.82) is 0 Å². The first kappa shape index (κ1) is 12.2. The van der Waals surface area contributed by atoms with Crippen LogP contribution >= 0.6 is 11.8 Å². The Bertz CT molecular complexity index is 748. The summed E-state index contributed by atoms with van der Waals surface area (Å²) in [7, 11) is 0. The predicted molar refractivity (Wildman–Crippen MR) is 77.5 cm³/mol. The number of imidazole rings is 1. The molecule has 0 amide bonds. The molecule has 96 valence electrons. The smallest absolute Gasteiger partial charge is 0.187 e. The maximum absolute atomic E-state index is 4.60. The van der Waals surface area contributed by atoms with Crippen molar-refractivity contribution in [2.75, 3.05) is 6.26 Å². The van der Waals surface area contributed by atoms with Gasteiger partial charge in [-0.25, -0.2) is 15.0 Å². The highest BCUT2D eigenvalue weighted by molar-refractivity contribution is 7.98. The zero-order chi connectivity index (χ0) is 13.4. The van der Waals surface area contributed by atoms with E-state index in [2.05, 4.69) is 32.3 Å². The van der Waals surface area contributed by atoms with Gasteiger partial charge in [0.25, 0.3) is 0 Å². The number of pyridine rings is 1. The first-order valence-corrected chi connectivity index (χ1v) is 7.25. The number of fused-ring (bicyclic) bond motifs is 1. The lowest BCUT2D eigenvalue weighted by molar-refractivity contribution is 0.962. The quantitative estimate of drug-likeness (QED) is 0.530. The summed E-state index contributed by atoms with van der Waals surface area (Å²) < 4.78 is 2.14. The van der Waals surface area contributed by atoms with Crippen LogP contribution in [0.4, 0.5) is 0 Å². The molecule has 3 aromatic heterocycles. The third-order valence-corrected chi connectivity index (χ3v) is 3.63. The third kappa shape index (κ3) is 2.00. The average Bonchev–Trinajstić information content (AvgIpc) is 2.76. The fourth-order valence-corrected chi connectivity index (χ4v) is 2.59. The van der Waals surface area contributed by atoms with Gasteiger partial charge in [-0.15, -0.1) is 0 Å². The van der Waals surface area contributed by atoms with Gasteiger partial charge in [0.05, 0.1) is 17.1 Å². The highest BCUT2D eigenvalue weighted by Crippen LogP contribution is 2.25. The molecule has 0 N–H and O–H groups in total. The Morgan fingerprint density at radius 1 is 1.11 bits per heavy atom. The van der Waals surface area contributed by atoms with Crippen LogP contribution in [0.15, 0.2) is 35.6 Å². The van der Waals surface area contributed by atoms with Crippen LogP contribution in [0.3, 0.4) is 0 Å². The van der Waals surface area contributed by atoms with Crippen molar-refractivity contribution < 1.29 is 0 Å². The molecule has 0 radical (unpaired) electrons. The molecule has 0 aliphatic rings. The van der Waals surface area contributed by atoms with Crippen molar-refractivity contribution in [2.24, 2.45) is 0 Å². The van der Waals surface area contributed by atoms with Gasteiger partial charge in [0, 0.05) is 11.9 Å². The van der Waals surface area contributed by atoms with Crippen molar-refractivity contribution in [3.8, 4) is 11.4 Å². The summed E-state index contributed by atoms with van der Waals surface area (Å²) in [5.74, 6) is 0. The van der Waals surface area contributed by atoms with Crippen molar-refractivity contribution in [1.82, 2.24) is 19.4 Å². The van der Waals surface area contributed by atoms with Gasteiger partial charge in [0.2, 0.25) is 0 Å². The second kappa shape index (κ2) is 4.66. The number of hydrogen-bond donors (Lipinski definition) is 0. The number of aryl methyl sites for hydroxylation is 2. The fraction of sp³-hybridized carbons (Fsp3) is 0.214. The van der Waals surface area contributed by atoms with Crippen LogP contribution < -0.4 is 0 Å². The van der Waals surface area contributed by atoms with Crippen LogP contribution in [-0.4, -0.2) is 25.6 Å². The third-order valence-electron chi connectivity index (χ3n) is 3.07. The van der Waals surface area contributed by atoms with E-state index < -0.39 is 0 Å². The molecule has 0 bridgehead atoms. The minimum atomic E-state index is 0.778. The Morgan fingerprint density at radius 3 is 2.74 bits per heavy atom. The van der Waals surface area contributed by atoms with E-state index in [1.54, 1.807) is 18.0 Å². The summed E-state index contributed by atoms with van der Waals surface area (Å²) in [5, 5.41) is 0.778. The van der Waals surface area contributed by atoms with E-state index in [1.165, 1.54) is 0 Å². The molecule has 0 saturated heterocycles. The molecule has 5 heteroatoms. The van der Waals surface area contributed by atoms with Gasteiger partial charge in [-0.05, 0) is 38.3 Å². The first-order chi connectivity index (χ1) is 9.20. The normalized spacial score (nSPS) is 11.1. The largest absolute Gasteiger partial charge is 0.295 e. The Labute approximate surface area is 115 Å². The van der Waals surface area contributed by atoms with E-state index >= 15 is 0 Å². The van der Waals surface area contributed by atoms with Crippen molar-refractivity contribution in [3.05, 3.63) is 41.9 Å². The van der Waals surface area contributed by atoms with Crippen LogP contribution in [0.25, 0.3) is 17.0 Å². The molecule has 0 aromatic carbocycles. The first-order valence-electron chi connectivity index (χ1n) is 6.03. The van der Waals surface area contributed by atoms with Gasteiger partial charge < -0.3 is 0 Å². The highest BCUT2D eigenvalue weighted by atomic mass is 32.2. The van der Waals surface area contributed by atoms with E-state index in [0.717, 1.165) is 33.6 Å². The molecule has 3 rings (SSSR count). The van der Waals surface area contributed by atoms with Gasteiger partial charge in [-0.2, -0.15) is 0 Å². The zero-order valence-electron chi connectivity index (χ0n) is 11.1. The summed E-state index contributed by atoms with van der Waals surface area (Å²) >= 11 is 1.54. The number of rotatable bonds is 2. The molecular weight excluding hydrogens is 256 g/mol. The predicted octanol–water partition coefficient (Wildman–Crippen LogP) is 3.13. The Kier molecular flexibility index (Phi) is 2.98. The van der Waals surface area contributed by atoms with E-state index in [-0.39, 0.29) is 0 Å². The molecule has 19 heavy (non-hydrogen) atoms. The molecule has 0 aliphatic heterocycles. The molecule has 0 unspecified atom stereocenters. The molecule has 3 heterocycles. The van der Waals surface area contributed by atoms with Crippen LogP contribution in [0, 0.1) is 13.8 Å². The number of thioether (sulfide) groups is 1.